The zero-order valence-corrected chi connectivity index (χ0v) is 14.1. The van der Waals surface area contributed by atoms with Gasteiger partial charge in [-0.1, -0.05) is 0 Å². The average molecular weight is 330 g/mol. The topological polar surface area (TPSA) is 75.5 Å². The third kappa shape index (κ3) is 3.58. The summed E-state index contributed by atoms with van der Waals surface area (Å²) < 4.78 is 7.71. The standard InChI is InChI=1S/C16H22N6O2/c1-20(2)15-14(5-4-7-17-15)24-13-6-8-22(11-13)16(23)19-12-9-18-21(3)10-12/h4-5,7,9-10,13H,6,8,11H2,1-3H3,(H,19,23)/t13-/m0/s1. The van der Waals surface area contributed by atoms with Gasteiger partial charge in [0.25, 0.3) is 0 Å². The fraction of sp³-hybridized carbons (Fsp3) is 0.438. The number of carbonyl (C=O) groups is 1. The molecule has 0 bridgehead atoms. The van der Waals surface area contributed by atoms with Crippen molar-refractivity contribution in [1.29, 1.82) is 0 Å². The first-order valence-corrected chi connectivity index (χ1v) is 7.86. The van der Waals surface area contributed by atoms with Crippen LogP contribution in [0.15, 0.2) is 30.7 Å². The Kier molecular flexibility index (Phi) is 4.54. The lowest BCUT2D eigenvalue weighted by Crippen LogP contribution is -2.34. The molecule has 0 saturated carbocycles. The molecule has 2 aromatic rings. The number of pyridine rings is 1. The lowest BCUT2D eigenvalue weighted by Gasteiger charge is -2.20. The number of urea groups is 1. The van der Waals surface area contributed by atoms with Gasteiger partial charge in [-0.2, -0.15) is 5.10 Å². The van der Waals surface area contributed by atoms with Crippen LogP contribution >= 0.6 is 0 Å². The number of aromatic nitrogens is 3. The summed E-state index contributed by atoms with van der Waals surface area (Å²) in [5, 5.41) is 6.89. The van der Waals surface area contributed by atoms with Crippen LogP contribution in [0.5, 0.6) is 5.75 Å². The predicted molar refractivity (Wildman–Crippen MR) is 91.4 cm³/mol. The second kappa shape index (κ2) is 6.77. The molecule has 0 unspecified atom stereocenters. The molecule has 1 aliphatic rings. The van der Waals surface area contributed by atoms with Crippen molar-refractivity contribution in [2.75, 3.05) is 37.4 Å². The van der Waals surface area contributed by atoms with Gasteiger partial charge in [0.05, 0.1) is 18.4 Å². The number of hydrogen-bond donors (Lipinski definition) is 1. The maximum Gasteiger partial charge on any atom is 0.322 e. The van der Waals surface area contributed by atoms with Crippen molar-refractivity contribution < 1.29 is 9.53 Å². The normalized spacial score (nSPS) is 17.0. The van der Waals surface area contributed by atoms with Crippen molar-refractivity contribution >= 4 is 17.5 Å². The van der Waals surface area contributed by atoms with Crippen molar-refractivity contribution in [3.63, 3.8) is 0 Å². The van der Waals surface area contributed by atoms with Crippen LogP contribution in [0.25, 0.3) is 0 Å². The number of ether oxygens (including phenoxy) is 1. The van der Waals surface area contributed by atoms with Crippen LogP contribution in [0.3, 0.4) is 0 Å². The van der Waals surface area contributed by atoms with E-state index in [-0.39, 0.29) is 12.1 Å². The second-order valence-electron chi connectivity index (χ2n) is 6.03. The minimum absolute atomic E-state index is 0.0347. The Hall–Kier alpha value is -2.77. The van der Waals surface area contributed by atoms with Gasteiger partial charge in [0.15, 0.2) is 11.6 Å². The minimum Gasteiger partial charge on any atom is -0.485 e. The maximum absolute atomic E-state index is 12.3. The van der Waals surface area contributed by atoms with Crippen molar-refractivity contribution in [3.05, 3.63) is 30.7 Å². The van der Waals surface area contributed by atoms with Gasteiger partial charge in [-0.05, 0) is 12.1 Å². The van der Waals surface area contributed by atoms with Crippen LogP contribution in [0.1, 0.15) is 6.42 Å². The van der Waals surface area contributed by atoms with Crippen LogP contribution in [0, 0.1) is 0 Å². The van der Waals surface area contributed by atoms with Crippen molar-refractivity contribution in [3.8, 4) is 5.75 Å². The van der Waals surface area contributed by atoms with Crippen LogP contribution in [-0.2, 0) is 7.05 Å². The zero-order valence-electron chi connectivity index (χ0n) is 14.1. The molecule has 3 rings (SSSR count). The number of rotatable bonds is 4. The van der Waals surface area contributed by atoms with Crippen LogP contribution in [-0.4, -0.2) is 59.0 Å². The number of carbonyl (C=O) groups excluding carboxylic acids is 1. The number of likely N-dealkylation sites (tertiary alicyclic amines) is 1. The molecule has 24 heavy (non-hydrogen) atoms. The predicted octanol–water partition coefficient (Wildman–Crippen LogP) is 1.57. The number of nitrogens with zero attached hydrogens (tertiary/aromatic N) is 5. The first-order valence-electron chi connectivity index (χ1n) is 7.86. The van der Waals surface area contributed by atoms with Crippen molar-refractivity contribution in [2.24, 2.45) is 7.05 Å². The average Bonchev–Trinajstić information content (AvgIpc) is 3.17. The molecule has 8 heteroatoms. The summed E-state index contributed by atoms with van der Waals surface area (Å²) in [7, 11) is 5.67. The molecule has 0 spiro atoms. The Bertz CT molecular complexity index is 714. The van der Waals surface area contributed by atoms with Gasteiger partial charge in [0.2, 0.25) is 0 Å². The molecule has 3 heterocycles. The van der Waals surface area contributed by atoms with E-state index in [0.717, 1.165) is 18.0 Å². The third-order valence-corrected chi connectivity index (χ3v) is 3.86. The minimum atomic E-state index is -0.131. The Morgan fingerprint density at radius 2 is 2.29 bits per heavy atom. The maximum atomic E-state index is 12.3. The number of nitrogens with one attached hydrogen (secondary N) is 1. The zero-order chi connectivity index (χ0) is 17.1. The summed E-state index contributed by atoms with van der Waals surface area (Å²) in [6.45, 7) is 1.21. The van der Waals surface area contributed by atoms with E-state index in [1.807, 2.05) is 38.2 Å². The van der Waals surface area contributed by atoms with E-state index in [0.29, 0.717) is 18.8 Å². The Morgan fingerprint density at radius 3 is 3.00 bits per heavy atom. The van der Waals surface area contributed by atoms with E-state index in [4.69, 9.17) is 4.74 Å². The van der Waals surface area contributed by atoms with Gasteiger partial charge in [-0.15, -0.1) is 0 Å². The monoisotopic (exact) mass is 330 g/mol. The summed E-state index contributed by atoms with van der Waals surface area (Å²) in [6, 6.07) is 3.62. The van der Waals surface area contributed by atoms with Gasteiger partial charge >= 0.3 is 6.03 Å². The Labute approximate surface area is 141 Å². The largest absolute Gasteiger partial charge is 0.485 e. The summed E-state index contributed by atoms with van der Waals surface area (Å²) in [4.78, 5) is 20.3. The quantitative estimate of drug-likeness (QED) is 0.921. The Morgan fingerprint density at radius 1 is 1.46 bits per heavy atom. The summed E-state index contributed by atoms with van der Waals surface area (Å²) in [5.41, 5.74) is 0.689. The number of anilines is 2. The third-order valence-electron chi connectivity index (χ3n) is 3.86. The summed E-state index contributed by atoms with van der Waals surface area (Å²) >= 11 is 0. The van der Waals surface area contributed by atoms with E-state index in [1.54, 1.807) is 28.2 Å². The Balaban J connectivity index is 1.58. The van der Waals surface area contributed by atoms with E-state index in [9.17, 15) is 4.79 Å². The van der Waals surface area contributed by atoms with Gasteiger partial charge in [0.1, 0.15) is 6.10 Å². The van der Waals surface area contributed by atoms with Crippen molar-refractivity contribution in [2.45, 2.75) is 12.5 Å². The first kappa shape index (κ1) is 16.1. The lowest BCUT2D eigenvalue weighted by atomic mass is 10.3. The van der Waals surface area contributed by atoms with Gasteiger partial charge < -0.3 is 19.9 Å². The number of aryl methyl sites for hydroxylation is 1. The number of amides is 2. The first-order chi connectivity index (χ1) is 11.5. The smallest absolute Gasteiger partial charge is 0.322 e. The fourth-order valence-electron chi connectivity index (χ4n) is 2.69. The molecule has 0 aromatic carbocycles. The molecule has 1 fully saturated rings. The molecule has 1 atom stereocenters. The highest BCUT2D eigenvalue weighted by atomic mass is 16.5. The second-order valence-corrected chi connectivity index (χ2v) is 6.03. The SMILES string of the molecule is CN(C)c1ncccc1O[C@H]1CCN(C(=O)Nc2cnn(C)c2)C1. The fourth-order valence-corrected chi connectivity index (χ4v) is 2.69. The molecule has 1 aliphatic heterocycles. The van der Waals surface area contributed by atoms with Crippen LogP contribution in [0.4, 0.5) is 16.3 Å². The van der Waals surface area contributed by atoms with Crippen molar-refractivity contribution in [1.82, 2.24) is 19.7 Å². The molecule has 8 nitrogen and oxygen atoms in total. The highest BCUT2D eigenvalue weighted by Gasteiger charge is 2.28. The molecular weight excluding hydrogens is 308 g/mol. The van der Waals surface area contributed by atoms with E-state index in [1.165, 1.54) is 0 Å². The van der Waals surface area contributed by atoms with Gasteiger partial charge in [-0.3, -0.25) is 4.68 Å². The van der Waals surface area contributed by atoms with Crippen LogP contribution in [0.2, 0.25) is 0 Å². The lowest BCUT2D eigenvalue weighted by molar-refractivity contribution is 0.195. The molecule has 128 valence electrons. The van der Waals surface area contributed by atoms with E-state index < -0.39 is 0 Å². The highest BCUT2D eigenvalue weighted by Crippen LogP contribution is 2.26. The molecule has 1 saturated heterocycles. The molecule has 0 radical (unpaired) electrons. The van der Waals surface area contributed by atoms with Gasteiger partial charge in [-0.25, -0.2) is 9.78 Å². The molecule has 0 aliphatic carbocycles. The molecule has 2 amide bonds. The van der Waals surface area contributed by atoms with E-state index >= 15 is 0 Å². The summed E-state index contributed by atoms with van der Waals surface area (Å²) in [5.74, 6) is 1.53. The van der Waals surface area contributed by atoms with Crippen LogP contribution < -0.4 is 15.0 Å². The molecule has 1 N–H and O–H groups in total. The highest BCUT2D eigenvalue weighted by molar-refractivity contribution is 5.89. The molecule has 2 aromatic heterocycles. The van der Waals surface area contributed by atoms with Gasteiger partial charge in [0, 0.05) is 46.5 Å². The molecular formula is C16H22N6O2. The summed E-state index contributed by atoms with van der Waals surface area (Å²) in [6.07, 6.45) is 5.89. The van der Waals surface area contributed by atoms with E-state index in [2.05, 4.69) is 15.4 Å². The number of hydrogen-bond acceptors (Lipinski definition) is 5.